The van der Waals surface area contributed by atoms with Crippen molar-refractivity contribution in [3.05, 3.63) is 35.5 Å². The third-order valence-electron chi connectivity index (χ3n) is 3.06. The summed E-state index contributed by atoms with van der Waals surface area (Å²) in [4.78, 5) is 2.66. The van der Waals surface area contributed by atoms with Gasteiger partial charge in [0, 0.05) is 17.1 Å². The Morgan fingerprint density at radius 3 is 2.56 bits per heavy atom. The van der Waals surface area contributed by atoms with E-state index in [9.17, 15) is 13.2 Å². The molecule has 2 aromatic rings. The third-order valence-corrected chi connectivity index (χ3v) is 3.06. The molecule has 84 valence electrons. The van der Waals surface area contributed by atoms with Crippen molar-refractivity contribution in [3.8, 4) is 0 Å². The Morgan fingerprint density at radius 1 is 1.19 bits per heavy atom. The fourth-order valence-electron chi connectivity index (χ4n) is 2.04. The quantitative estimate of drug-likeness (QED) is 0.753. The van der Waals surface area contributed by atoms with Gasteiger partial charge in [0.25, 0.3) is 0 Å². The Kier molecular flexibility index (Phi) is 1.85. The molecule has 0 amide bonds. The second kappa shape index (κ2) is 3.03. The monoisotopic (exact) mass is 225 g/mol. The van der Waals surface area contributed by atoms with Crippen LogP contribution in [0.5, 0.6) is 0 Å². The summed E-state index contributed by atoms with van der Waals surface area (Å²) in [5, 5.41) is 0.289. The van der Waals surface area contributed by atoms with Crippen LogP contribution in [0.15, 0.2) is 24.4 Å². The first-order valence-electron chi connectivity index (χ1n) is 5.24. The molecule has 3 rings (SSSR count). The first kappa shape index (κ1) is 9.75. The van der Waals surface area contributed by atoms with Gasteiger partial charge >= 0.3 is 6.18 Å². The van der Waals surface area contributed by atoms with Crippen LogP contribution in [-0.4, -0.2) is 4.98 Å². The highest BCUT2D eigenvalue weighted by Crippen LogP contribution is 2.42. The van der Waals surface area contributed by atoms with Gasteiger partial charge in [0.15, 0.2) is 0 Å². The average molecular weight is 225 g/mol. The topological polar surface area (TPSA) is 15.8 Å². The molecule has 16 heavy (non-hydrogen) atoms. The van der Waals surface area contributed by atoms with Gasteiger partial charge in [0.05, 0.1) is 5.56 Å². The van der Waals surface area contributed by atoms with Gasteiger partial charge in [-0.3, -0.25) is 0 Å². The number of aromatic nitrogens is 1. The number of aromatic amines is 1. The molecule has 1 saturated carbocycles. The van der Waals surface area contributed by atoms with Crippen LogP contribution in [0.1, 0.15) is 29.9 Å². The molecular formula is C12H10F3N. The predicted octanol–water partition coefficient (Wildman–Crippen LogP) is 4.06. The van der Waals surface area contributed by atoms with E-state index >= 15 is 0 Å². The molecule has 0 bridgehead atoms. The van der Waals surface area contributed by atoms with Crippen LogP contribution in [0.25, 0.3) is 10.9 Å². The summed E-state index contributed by atoms with van der Waals surface area (Å²) in [6, 6.07) is 5.32. The molecular weight excluding hydrogens is 215 g/mol. The highest BCUT2D eigenvalue weighted by Gasteiger charge is 2.34. The molecule has 0 spiro atoms. The normalized spacial score (nSPS) is 16.9. The first-order chi connectivity index (χ1) is 7.55. The van der Waals surface area contributed by atoms with E-state index in [1.54, 1.807) is 12.1 Å². The van der Waals surface area contributed by atoms with E-state index < -0.39 is 11.7 Å². The van der Waals surface area contributed by atoms with Gasteiger partial charge in [-0.1, -0.05) is 6.07 Å². The van der Waals surface area contributed by atoms with Gasteiger partial charge in [-0.25, -0.2) is 0 Å². The van der Waals surface area contributed by atoms with Crippen LogP contribution in [0.4, 0.5) is 13.2 Å². The van der Waals surface area contributed by atoms with Crippen molar-refractivity contribution in [2.45, 2.75) is 24.9 Å². The van der Waals surface area contributed by atoms with Crippen molar-refractivity contribution < 1.29 is 13.2 Å². The molecule has 1 heterocycles. The lowest BCUT2D eigenvalue weighted by molar-refractivity contribution is -0.136. The smallest absolute Gasteiger partial charge is 0.361 e. The van der Waals surface area contributed by atoms with Gasteiger partial charge < -0.3 is 4.98 Å². The molecule has 1 nitrogen and oxygen atoms in total. The molecule has 0 unspecified atom stereocenters. The summed E-state index contributed by atoms with van der Waals surface area (Å²) in [6.45, 7) is 0. The van der Waals surface area contributed by atoms with Crippen molar-refractivity contribution in [1.82, 2.24) is 4.98 Å². The zero-order valence-corrected chi connectivity index (χ0v) is 8.43. The Hall–Kier alpha value is -1.45. The highest BCUT2D eigenvalue weighted by molar-refractivity contribution is 5.84. The standard InChI is InChI=1S/C12H10F3N/c13-12(14,15)10-6-16-11-4-3-8(5-9(10)11)7-1-2-7/h3-7,16H,1-2H2. The molecule has 0 radical (unpaired) electrons. The zero-order valence-electron chi connectivity index (χ0n) is 8.43. The molecule has 1 aliphatic rings. The molecule has 0 aliphatic heterocycles. The van der Waals surface area contributed by atoms with Crippen LogP contribution < -0.4 is 0 Å². The minimum Gasteiger partial charge on any atom is -0.361 e. The number of H-pyrrole nitrogens is 1. The van der Waals surface area contributed by atoms with E-state index in [-0.39, 0.29) is 5.39 Å². The molecule has 1 aliphatic carbocycles. The summed E-state index contributed by atoms with van der Waals surface area (Å²) < 4.78 is 38.0. The molecule has 1 fully saturated rings. The lowest BCUT2D eigenvalue weighted by atomic mass is 10.1. The van der Waals surface area contributed by atoms with Gasteiger partial charge in [0.2, 0.25) is 0 Å². The van der Waals surface area contributed by atoms with Crippen LogP contribution in [0, 0.1) is 0 Å². The summed E-state index contributed by atoms with van der Waals surface area (Å²) in [5.74, 6) is 0.473. The maximum atomic E-state index is 12.7. The zero-order chi connectivity index (χ0) is 11.3. The number of alkyl halides is 3. The maximum absolute atomic E-state index is 12.7. The molecule has 1 aromatic heterocycles. The minimum absolute atomic E-state index is 0.289. The number of rotatable bonds is 1. The summed E-state index contributed by atoms with van der Waals surface area (Å²) in [6.07, 6.45) is -1.05. The van der Waals surface area contributed by atoms with Crippen molar-refractivity contribution in [2.24, 2.45) is 0 Å². The van der Waals surface area contributed by atoms with Crippen molar-refractivity contribution >= 4 is 10.9 Å². The number of nitrogens with one attached hydrogen (secondary N) is 1. The first-order valence-corrected chi connectivity index (χ1v) is 5.24. The van der Waals surface area contributed by atoms with E-state index in [4.69, 9.17) is 0 Å². The van der Waals surface area contributed by atoms with Crippen molar-refractivity contribution in [1.29, 1.82) is 0 Å². The Morgan fingerprint density at radius 2 is 1.94 bits per heavy atom. The van der Waals surface area contributed by atoms with Gasteiger partial charge in [-0.05, 0) is 36.5 Å². The highest BCUT2D eigenvalue weighted by atomic mass is 19.4. The van der Waals surface area contributed by atoms with Crippen LogP contribution in [0.3, 0.4) is 0 Å². The van der Waals surface area contributed by atoms with E-state index in [0.717, 1.165) is 24.6 Å². The molecule has 0 atom stereocenters. The summed E-state index contributed by atoms with van der Waals surface area (Å²) in [7, 11) is 0. The van der Waals surface area contributed by atoms with Crippen molar-refractivity contribution in [2.75, 3.05) is 0 Å². The van der Waals surface area contributed by atoms with E-state index in [1.165, 1.54) is 0 Å². The van der Waals surface area contributed by atoms with Crippen LogP contribution in [-0.2, 0) is 6.18 Å². The van der Waals surface area contributed by atoms with Gasteiger partial charge in [-0.15, -0.1) is 0 Å². The number of halogens is 3. The molecule has 1 N–H and O–H groups in total. The summed E-state index contributed by atoms with van der Waals surface area (Å²) >= 11 is 0. The maximum Gasteiger partial charge on any atom is 0.418 e. The van der Waals surface area contributed by atoms with E-state index in [2.05, 4.69) is 4.98 Å². The minimum atomic E-state index is -4.28. The number of fused-ring (bicyclic) bond motifs is 1. The van der Waals surface area contributed by atoms with Gasteiger partial charge in [-0.2, -0.15) is 13.2 Å². The van der Waals surface area contributed by atoms with Crippen molar-refractivity contribution in [3.63, 3.8) is 0 Å². The lowest BCUT2D eigenvalue weighted by Crippen LogP contribution is -2.03. The van der Waals surface area contributed by atoms with Crippen LogP contribution in [0.2, 0.25) is 0 Å². The second-order valence-electron chi connectivity index (χ2n) is 4.28. The fourth-order valence-corrected chi connectivity index (χ4v) is 2.04. The largest absolute Gasteiger partial charge is 0.418 e. The van der Waals surface area contributed by atoms with Gasteiger partial charge in [0.1, 0.15) is 0 Å². The second-order valence-corrected chi connectivity index (χ2v) is 4.28. The number of hydrogen-bond donors (Lipinski definition) is 1. The number of hydrogen-bond acceptors (Lipinski definition) is 0. The predicted molar refractivity (Wildman–Crippen MR) is 55.3 cm³/mol. The average Bonchev–Trinajstić information content (AvgIpc) is 2.95. The van der Waals surface area contributed by atoms with E-state index in [1.807, 2.05) is 6.07 Å². The van der Waals surface area contributed by atoms with Crippen LogP contribution >= 0.6 is 0 Å². The molecule has 1 aromatic carbocycles. The lowest BCUT2D eigenvalue weighted by Gasteiger charge is -2.05. The third kappa shape index (κ3) is 1.49. The number of benzene rings is 1. The Balaban J connectivity index is 2.19. The summed E-state index contributed by atoms with van der Waals surface area (Å²) in [5.41, 5.74) is 1.01. The molecule has 0 saturated heterocycles. The fraction of sp³-hybridized carbons (Fsp3) is 0.333. The van der Waals surface area contributed by atoms with E-state index in [0.29, 0.717) is 11.4 Å². The Bertz CT molecular complexity index is 535. The molecule has 4 heteroatoms. The Labute approximate surface area is 90.3 Å². The SMILES string of the molecule is FC(F)(F)c1c[nH]c2ccc(C3CC3)cc12.